The lowest BCUT2D eigenvalue weighted by molar-refractivity contribution is 0.420. The number of aromatic nitrogens is 5. The first kappa shape index (κ1) is 12.3. The lowest BCUT2D eigenvalue weighted by atomic mass is 10.1. The Morgan fingerprint density at radius 3 is 2.89 bits per heavy atom. The molecule has 100 valence electrons. The van der Waals surface area contributed by atoms with Gasteiger partial charge >= 0.3 is 0 Å². The largest absolute Gasteiger partial charge is 0.306 e. The second kappa shape index (κ2) is 4.43. The lowest BCUT2D eigenvalue weighted by Crippen LogP contribution is -2.35. The van der Waals surface area contributed by atoms with Crippen LogP contribution in [0.5, 0.6) is 0 Å². The molecule has 0 bridgehead atoms. The fourth-order valence-corrected chi connectivity index (χ4v) is 2.56. The van der Waals surface area contributed by atoms with Gasteiger partial charge in [0.1, 0.15) is 12.7 Å². The number of nitrogens with zero attached hydrogens (tertiary/aromatic N) is 5. The van der Waals surface area contributed by atoms with Gasteiger partial charge in [-0.05, 0) is 20.8 Å². The van der Waals surface area contributed by atoms with Crippen LogP contribution in [0.1, 0.15) is 26.5 Å². The van der Waals surface area contributed by atoms with Crippen molar-refractivity contribution in [2.45, 2.75) is 32.9 Å². The Bertz CT molecular complexity index is 673. The van der Waals surface area contributed by atoms with Crippen molar-refractivity contribution in [1.29, 1.82) is 0 Å². The highest BCUT2D eigenvalue weighted by atomic mass is 32.1. The lowest BCUT2D eigenvalue weighted by Gasteiger charge is -2.20. The summed E-state index contributed by atoms with van der Waals surface area (Å²) in [6.45, 7) is 7.17. The molecule has 0 saturated heterocycles. The average Bonchev–Trinajstić information content (AvgIpc) is 3.01. The van der Waals surface area contributed by atoms with E-state index < -0.39 is 0 Å². The van der Waals surface area contributed by atoms with E-state index in [4.69, 9.17) is 0 Å². The number of thiazole rings is 1. The van der Waals surface area contributed by atoms with Crippen LogP contribution in [0.4, 0.5) is 0 Å². The second-order valence-electron chi connectivity index (χ2n) is 5.38. The van der Waals surface area contributed by atoms with E-state index in [1.807, 2.05) is 11.6 Å². The van der Waals surface area contributed by atoms with Crippen molar-refractivity contribution in [2.75, 3.05) is 0 Å². The number of nitrogens with one attached hydrogen (secondary N) is 1. The Hall–Kier alpha value is -1.73. The third-order valence-electron chi connectivity index (χ3n) is 2.76. The maximum absolute atomic E-state index is 4.62. The fourth-order valence-electron chi connectivity index (χ4n) is 1.84. The van der Waals surface area contributed by atoms with Gasteiger partial charge in [-0.15, -0.1) is 11.3 Å². The molecule has 0 aromatic carbocycles. The average molecular weight is 276 g/mol. The topological polar surface area (TPSA) is 60.0 Å². The number of hydrogen-bond donors (Lipinski definition) is 1. The minimum Gasteiger partial charge on any atom is -0.306 e. The summed E-state index contributed by atoms with van der Waals surface area (Å²) in [7, 11) is 0. The molecule has 7 heteroatoms. The van der Waals surface area contributed by atoms with Crippen LogP contribution in [0.15, 0.2) is 24.2 Å². The molecule has 6 nitrogen and oxygen atoms in total. The molecule has 19 heavy (non-hydrogen) atoms. The molecule has 3 aromatic heterocycles. The van der Waals surface area contributed by atoms with Crippen LogP contribution in [0.2, 0.25) is 0 Å². The summed E-state index contributed by atoms with van der Waals surface area (Å²) in [4.78, 5) is 9.58. The molecule has 0 unspecified atom stereocenters. The highest BCUT2D eigenvalue weighted by Gasteiger charge is 2.17. The Morgan fingerprint density at radius 2 is 2.21 bits per heavy atom. The molecule has 0 aliphatic heterocycles. The van der Waals surface area contributed by atoms with Gasteiger partial charge in [-0.1, -0.05) is 0 Å². The van der Waals surface area contributed by atoms with Gasteiger partial charge < -0.3 is 5.32 Å². The minimum absolute atomic E-state index is 0.0554. The zero-order valence-corrected chi connectivity index (χ0v) is 12.0. The number of imidazole rings is 1. The summed E-state index contributed by atoms with van der Waals surface area (Å²) in [6.07, 6.45) is 5.23. The SMILES string of the molecule is CC(C)(C)NCc1c(-n2cncn2)nc2sccn12. The highest BCUT2D eigenvalue weighted by molar-refractivity contribution is 7.15. The van der Waals surface area contributed by atoms with Crippen molar-refractivity contribution in [3.8, 4) is 5.82 Å². The van der Waals surface area contributed by atoms with Crippen molar-refractivity contribution in [2.24, 2.45) is 0 Å². The van der Waals surface area contributed by atoms with Gasteiger partial charge in [0.25, 0.3) is 0 Å². The molecule has 3 rings (SSSR count). The van der Waals surface area contributed by atoms with Gasteiger partial charge in [0, 0.05) is 23.7 Å². The van der Waals surface area contributed by atoms with Crippen LogP contribution in [0, 0.1) is 0 Å². The van der Waals surface area contributed by atoms with E-state index in [0.717, 1.165) is 23.0 Å². The van der Waals surface area contributed by atoms with E-state index in [0.29, 0.717) is 0 Å². The molecule has 3 heterocycles. The monoisotopic (exact) mass is 276 g/mol. The molecular weight excluding hydrogens is 260 g/mol. The van der Waals surface area contributed by atoms with Crippen LogP contribution < -0.4 is 5.32 Å². The zero-order chi connectivity index (χ0) is 13.5. The summed E-state index contributed by atoms with van der Waals surface area (Å²) >= 11 is 1.62. The van der Waals surface area contributed by atoms with Crippen molar-refractivity contribution in [3.63, 3.8) is 0 Å². The van der Waals surface area contributed by atoms with Crippen molar-refractivity contribution in [1.82, 2.24) is 29.5 Å². The summed E-state index contributed by atoms with van der Waals surface area (Å²) in [5.41, 5.74) is 1.15. The highest BCUT2D eigenvalue weighted by Crippen LogP contribution is 2.20. The van der Waals surface area contributed by atoms with Crippen LogP contribution in [-0.2, 0) is 6.54 Å². The smallest absolute Gasteiger partial charge is 0.196 e. The summed E-state index contributed by atoms with van der Waals surface area (Å²) in [5, 5.41) is 9.70. The molecule has 0 radical (unpaired) electrons. The molecule has 1 N–H and O–H groups in total. The predicted molar refractivity (Wildman–Crippen MR) is 74.6 cm³/mol. The van der Waals surface area contributed by atoms with E-state index in [2.05, 4.69) is 45.6 Å². The standard InChI is InChI=1S/C12H16N6S/c1-12(2,3)14-6-9-10(18-8-13-7-15-18)16-11-17(9)4-5-19-11/h4-5,7-8,14H,6H2,1-3H3. The first-order chi connectivity index (χ1) is 9.04. The molecule has 0 amide bonds. The summed E-state index contributed by atoms with van der Waals surface area (Å²) in [5.74, 6) is 0.834. The first-order valence-corrected chi connectivity index (χ1v) is 6.97. The molecule has 0 spiro atoms. The maximum atomic E-state index is 4.62. The van der Waals surface area contributed by atoms with E-state index in [1.165, 1.54) is 6.33 Å². The van der Waals surface area contributed by atoms with Gasteiger partial charge in [0.05, 0.1) is 5.69 Å². The molecule has 0 saturated carbocycles. The fraction of sp³-hybridized carbons (Fsp3) is 0.417. The minimum atomic E-state index is 0.0554. The molecule has 0 atom stereocenters. The van der Waals surface area contributed by atoms with E-state index in [1.54, 1.807) is 22.3 Å². The molecule has 0 aliphatic rings. The van der Waals surface area contributed by atoms with E-state index in [-0.39, 0.29) is 5.54 Å². The number of fused-ring (bicyclic) bond motifs is 1. The zero-order valence-electron chi connectivity index (χ0n) is 11.2. The summed E-state index contributed by atoms with van der Waals surface area (Å²) in [6, 6.07) is 0. The van der Waals surface area contributed by atoms with Gasteiger partial charge in [-0.25, -0.2) is 9.67 Å². The Kier molecular flexibility index (Phi) is 2.87. The van der Waals surface area contributed by atoms with Crippen LogP contribution in [0.3, 0.4) is 0 Å². The van der Waals surface area contributed by atoms with Crippen LogP contribution in [-0.4, -0.2) is 29.7 Å². The van der Waals surface area contributed by atoms with Gasteiger partial charge in [-0.2, -0.15) is 10.1 Å². The quantitative estimate of drug-likeness (QED) is 0.793. The summed E-state index contributed by atoms with van der Waals surface area (Å²) < 4.78 is 3.81. The predicted octanol–water partition coefficient (Wildman–Crippen LogP) is 1.86. The third-order valence-corrected chi connectivity index (χ3v) is 3.52. The number of rotatable bonds is 3. The molecule has 0 aliphatic carbocycles. The normalized spacial score (nSPS) is 12.4. The Labute approximate surface area is 115 Å². The second-order valence-corrected chi connectivity index (χ2v) is 6.25. The van der Waals surface area contributed by atoms with Crippen molar-refractivity contribution < 1.29 is 0 Å². The van der Waals surface area contributed by atoms with E-state index >= 15 is 0 Å². The molecular formula is C12H16N6S. The van der Waals surface area contributed by atoms with Gasteiger partial charge in [0.15, 0.2) is 10.8 Å². The van der Waals surface area contributed by atoms with Crippen LogP contribution in [0.25, 0.3) is 10.8 Å². The Morgan fingerprint density at radius 1 is 1.37 bits per heavy atom. The Balaban J connectivity index is 2.04. The molecule has 0 fully saturated rings. The number of hydrogen-bond acceptors (Lipinski definition) is 5. The maximum Gasteiger partial charge on any atom is 0.196 e. The third kappa shape index (κ3) is 2.39. The van der Waals surface area contributed by atoms with Crippen molar-refractivity contribution >= 4 is 16.3 Å². The van der Waals surface area contributed by atoms with Crippen LogP contribution >= 0.6 is 11.3 Å². The first-order valence-electron chi connectivity index (χ1n) is 6.09. The molecule has 3 aromatic rings. The van der Waals surface area contributed by atoms with Gasteiger partial charge in [0.2, 0.25) is 0 Å². The van der Waals surface area contributed by atoms with Crippen molar-refractivity contribution in [3.05, 3.63) is 29.9 Å². The van der Waals surface area contributed by atoms with Gasteiger partial charge in [-0.3, -0.25) is 4.40 Å². The van der Waals surface area contributed by atoms with E-state index in [9.17, 15) is 0 Å².